The fraction of sp³-hybridized carbons (Fsp3) is 0.462. The Labute approximate surface area is 170 Å². The van der Waals surface area contributed by atoms with Crippen LogP contribution in [0.15, 0.2) is 58.5 Å². The van der Waals surface area contributed by atoms with Crippen LogP contribution in [0.3, 0.4) is 0 Å². The summed E-state index contributed by atoms with van der Waals surface area (Å²) in [5.41, 5.74) is 5.12. The van der Waals surface area contributed by atoms with Crippen molar-refractivity contribution < 1.29 is 0 Å². The summed E-state index contributed by atoms with van der Waals surface area (Å²) in [7, 11) is 0. The van der Waals surface area contributed by atoms with Crippen molar-refractivity contribution in [1.29, 1.82) is 0 Å². The van der Waals surface area contributed by atoms with Gasteiger partial charge in [0.2, 0.25) is 0 Å². The molecule has 0 heterocycles. The lowest BCUT2D eigenvalue weighted by molar-refractivity contribution is 0.390. The van der Waals surface area contributed by atoms with Gasteiger partial charge in [-0.1, -0.05) is 89.1 Å². The zero-order valence-electron chi connectivity index (χ0n) is 17.8. The molecule has 0 amide bonds. The molecule has 0 unspecified atom stereocenters. The van der Waals surface area contributed by atoms with Crippen molar-refractivity contribution in [2.75, 3.05) is 0 Å². The van der Waals surface area contributed by atoms with Gasteiger partial charge in [0.1, 0.15) is 0 Å². The summed E-state index contributed by atoms with van der Waals surface area (Å²) in [6.07, 6.45) is 8.86. The van der Waals surface area contributed by atoms with Gasteiger partial charge in [-0.05, 0) is 46.9 Å². The van der Waals surface area contributed by atoms with Crippen molar-refractivity contribution in [2.45, 2.75) is 77.3 Å². The van der Waals surface area contributed by atoms with Gasteiger partial charge in [-0.2, -0.15) is 0 Å². The average molecular weight is 375 g/mol. The highest BCUT2D eigenvalue weighted by molar-refractivity contribution is 5.80. The molecule has 2 heteroatoms. The summed E-state index contributed by atoms with van der Waals surface area (Å²) >= 11 is 0. The molecule has 148 valence electrons. The van der Waals surface area contributed by atoms with Crippen LogP contribution in [0, 0.1) is 0 Å². The van der Waals surface area contributed by atoms with Crippen LogP contribution in [0.2, 0.25) is 0 Å². The number of hydrogen-bond donors (Lipinski definition) is 0. The van der Waals surface area contributed by atoms with Crippen molar-refractivity contribution in [3.8, 4) is 0 Å². The Morgan fingerprint density at radius 3 is 1.32 bits per heavy atom. The fourth-order valence-electron chi connectivity index (χ4n) is 3.74. The first-order valence-electron chi connectivity index (χ1n) is 10.8. The largest absolute Gasteiger partial charge is 0.287 e. The Bertz CT molecular complexity index is 713. The molecular formula is C26H34N2. The van der Waals surface area contributed by atoms with E-state index < -0.39 is 0 Å². The van der Waals surface area contributed by atoms with Crippen molar-refractivity contribution in [3.05, 3.63) is 70.8 Å². The van der Waals surface area contributed by atoms with Gasteiger partial charge in [0.05, 0.1) is 12.1 Å². The maximum absolute atomic E-state index is 4.92. The van der Waals surface area contributed by atoms with E-state index in [1.54, 1.807) is 0 Å². The molecule has 1 fully saturated rings. The molecule has 1 saturated carbocycles. The first-order valence-corrected chi connectivity index (χ1v) is 10.8. The highest BCUT2D eigenvalue weighted by Crippen LogP contribution is 2.24. The molecule has 2 nitrogen and oxygen atoms in total. The summed E-state index contributed by atoms with van der Waals surface area (Å²) in [6, 6.07) is 18.1. The molecule has 3 rings (SSSR count). The molecule has 2 atom stereocenters. The number of hydrogen-bond acceptors (Lipinski definition) is 2. The maximum atomic E-state index is 4.92. The van der Waals surface area contributed by atoms with Crippen LogP contribution in [0.25, 0.3) is 0 Å². The molecular weight excluding hydrogens is 340 g/mol. The third-order valence-corrected chi connectivity index (χ3v) is 5.73. The lowest BCUT2D eigenvalue weighted by atomic mass is 9.91. The van der Waals surface area contributed by atoms with Crippen LogP contribution in [0.1, 0.15) is 87.5 Å². The van der Waals surface area contributed by atoms with Crippen molar-refractivity contribution in [1.82, 2.24) is 0 Å². The summed E-state index contributed by atoms with van der Waals surface area (Å²) in [4.78, 5) is 9.84. The van der Waals surface area contributed by atoms with Crippen LogP contribution in [-0.4, -0.2) is 24.5 Å². The van der Waals surface area contributed by atoms with Gasteiger partial charge < -0.3 is 0 Å². The predicted octanol–water partition coefficient (Wildman–Crippen LogP) is 6.78. The second-order valence-corrected chi connectivity index (χ2v) is 8.62. The maximum Gasteiger partial charge on any atom is 0.0723 e. The Hall–Kier alpha value is -2.22. The van der Waals surface area contributed by atoms with Crippen LogP contribution < -0.4 is 0 Å². The highest BCUT2D eigenvalue weighted by Gasteiger charge is 2.23. The molecule has 0 bridgehead atoms. The number of rotatable bonds is 6. The third-order valence-electron chi connectivity index (χ3n) is 5.73. The van der Waals surface area contributed by atoms with Gasteiger partial charge in [-0.25, -0.2) is 0 Å². The van der Waals surface area contributed by atoms with Gasteiger partial charge in [-0.3, -0.25) is 9.98 Å². The monoisotopic (exact) mass is 374 g/mol. The van der Waals surface area contributed by atoms with E-state index in [-0.39, 0.29) is 0 Å². The minimum atomic E-state index is 0.296. The third kappa shape index (κ3) is 5.64. The molecule has 0 aliphatic heterocycles. The molecule has 0 saturated heterocycles. The lowest BCUT2D eigenvalue weighted by Gasteiger charge is -2.25. The van der Waals surface area contributed by atoms with Gasteiger partial charge in [0.15, 0.2) is 0 Å². The van der Waals surface area contributed by atoms with Crippen molar-refractivity contribution in [3.63, 3.8) is 0 Å². The zero-order valence-corrected chi connectivity index (χ0v) is 17.8. The van der Waals surface area contributed by atoms with Crippen molar-refractivity contribution in [2.24, 2.45) is 9.98 Å². The lowest BCUT2D eigenvalue weighted by Crippen LogP contribution is -2.27. The Kier molecular flexibility index (Phi) is 7.19. The molecule has 2 aromatic carbocycles. The van der Waals surface area contributed by atoms with Gasteiger partial charge in [0, 0.05) is 12.4 Å². The molecule has 0 N–H and O–H groups in total. The number of aliphatic imine (C=N–C) groups is 2. The number of benzene rings is 2. The SMILES string of the molecule is CC(C)c1ccc(C=N[C@@H]2CCCC[C@H]2N=Cc2ccc(C(C)C)cc2)cc1. The smallest absolute Gasteiger partial charge is 0.0723 e. The summed E-state index contributed by atoms with van der Waals surface area (Å²) < 4.78 is 0. The van der Waals surface area contributed by atoms with E-state index in [1.165, 1.54) is 35.1 Å². The van der Waals surface area contributed by atoms with Crippen LogP contribution in [-0.2, 0) is 0 Å². The Morgan fingerprint density at radius 2 is 1.00 bits per heavy atom. The van der Waals surface area contributed by atoms with Gasteiger partial charge in [-0.15, -0.1) is 0 Å². The van der Waals surface area contributed by atoms with E-state index in [1.807, 2.05) is 12.4 Å². The molecule has 28 heavy (non-hydrogen) atoms. The standard InChI is InChI=1S/C26H34N2/c1-19(2)23-13-9-21(10-14-23)17-27-25-7-5-6-8-26(25)28-18-22-11-15-24(16-12-22)20(3)4/h9-20,25-26H,5-8H2,1-4H3/t25-,26-/m1/s1. The second kappa shape index (κ2) is 9.82. The predicted molar refractivity (Wildman–Crippen MR) is 122 cm³/mol. The summed E-state index contributed by atoms with van der Waals surface area (Å²) in [6.45, 7) is 8.91. The van der Waals surface area contributed by atoms with E-state index >= 15 is 0 Å². The first kappa shape index (κ1) is 20.5. The van der Waals surface area contributed by atoms with E-state index in [0.717, 1.165) is 12.8 Å². The van der Waals surface area contributed by atoms with E-state index in [9.17, 15) is 0 Å². The normalized spacial score (nSPS) is 20.6. The summed E-state index contributed by atoms with van der Waals surface area (Å²) in [5.74, 6) is 1.13. The van der Waals surface area contributed by atoms with Crippen LogP contribution >= 0.6 is 0 Å². The van der Waals surface area contributed by atoms with E-state index in [2.05, 4.69) is 76.2 Å². The molecule has 0 radical (unpaired) electrons. The van der Waals surface area contributed by atoms with Gasteiger partial charge >= 0.3 is 0 Å². The van der Waals surface area contributed by atoms with Crippen LogP contribution in [0.5, 0.6) is 0 Å². The van der Waals surface area contributed by atoms with Gasteiger partial charge in [0.25, 0.3) is 0 Å². The zero-order chi connectivity index (χ0) is 19.9. The topological polar surface area (TPSA) is 24.7 Å². The highest BCUT2D eigenvalue weighted by atomic mass is 14.9. The average Bonchev–Trinajstić information content (AvgIpc) is 2.72. The summed E-state index contributed by atoms with van der Waals surface area (Å²) in [5, 5.41) is 0. The van der Waals surface area contributed by atoms with Crippen LogP contribution in [0.4, 0.5) is 0 Å². The number of nitrogens with zero attached hydrogens (tertiary/aromatic N) is 2. The van der Waals surface area contributed by atoms with Crippen molar-refractivity contribution >= 4 is 12.4 Å². The van der Waals surface area contributed by atoms with E-state index in [0.29, 0.717) is 23.9 Å². The first-order chi connectivity index (χ1) is 13.5. The quantitative estimate of drug-likeness (QED) is 0.498. The second-order valence-electron chi connectivity index (χ2n) is 8.62. The Balaban J connectivity index is 1.66. The molecule has 1 aliphatic carbocycles. The Morgan fingerprint density at radius 1 is 0.643 bits per heavy atom. The molecule has 0 spiro atoms. The minimum Gasteiger partial charge on any atom is -0.287 e. The van der Waals surface area contributed by atoms with E-state index in [4.69, 9.17) is 9.98 Å². The molecule has 0 aromatic heterocycles. The fourth-order valence-corrected chi connectivity index (χ4v) is 3.74. The molecule has 2 aromatic rings. The minimum absolute atomic E-state index is 0.296. The molecule has 1 aliphatic rings.